The number of hydrogen-bond donors (Lipinski definition) is 2. The quantitative estimate of drug-likeness (QED) is 0.541. The van der Waals surface area contributed by atoms with E-state index >= 15 is 0 Å². The van der Waals surface area contributed by atoms with E-state index in [9.17, 15) is 13.2 Å². The lowest BCUT2D eigenvalue weighted by molar-refractivity contribution is -0.114. The van der Waals surface area contributed by atoms with Crippen LogP contribution in [0.5, 0.6) is 0 Å². The monoisotopic (exact) mass is 445 g/mol. The fourth-order valence-electron chi connectivity index (χ4n) is 3.36. The highest BCUT2D eigenvalue weighted by molar-refractivity contribution is 7.89. The molecule has 1 aromatic carbocycles. The summed E-state index contributed by atoms with van der Waals surface area (Å²) < 4.78 is 34.7. The van der Waals surface area contributed by atoms with Crippen molar-refractivity contribution in [2.45, 2.75) is 18.4 Å². The van der Waals surface area contributed by atoms with Crippen molar-refractivity contribution in [3.8, 4) is 0 Å². The van der Waals surface area contributed by atoms with Crippen molar-refractivity contribution >= 4 is 38.5 Å². The van der Waals surface area contributed by atoms with Crippen molar-refractivity contribution in [3.05, 3.63) is 36.8 Å². The zero-order valence-electron chi connectivity index (χ0n) is 17.0. The van der Waals surface area contributed by atoms with Crippen molar-refractivity contribution in [2.75, 3.05) is 43.1 Å². The van der Waals surface area contributed by atoms with Crippen LogP contribution in [0.4, 0.5) is 11.5 Å². The van der Waals surface area contributed by atoms with Crippen molar-refractivity contribution < 1.29 is 17.9 Å². The Balaban J connectivity index is 1.43. The molecule has 0 unspecified atom stereocenters. The number of nitrogens with zero attached hydrogens (tertiary/aromatic N) is 5. The Morgan fingerprint density at radius 2 is 1.90 bits per heavy atom. The van der Waals surface area contributed by atoms with Gasteiger partial charge in [-0.1, -0.05) is 0 Å². The fourth-order valence-corrected chi connectivity index (χ4v) is 4.38. The Morgan fingerprint density at radius 3 is 2.61 bits per heavy atom. The average Bonchev–Trinajstić information content (AvgIpc) is 3.17. The Bertz CT molecular complexity index is 1170. The standard InChI is InChI=1S/C19H23N7O4S/c1-14(27)24-15-2-4-16(5-3-15)31(28,29)23-6-7-26-19-17(12-22-26)18(20-13-21-19)25-8-10-30-11-9-25/h2-5,12-13,23H,6-11H2,1H3,(H,24,27). The van der Waals surface area contributed by atoms with Crippen LogP contribution in [0.2, 0.25) is 0 Å². The van der Waals surface area contributed by atoms with E-state index in [2.05, 4.69) is 30.0 Å². The molecule has 164 valence electrons. The van der Waals surface area contributed by atoms with Gasteiger partial charge in [-0.3, -0.25) is 4.79 Å². The molecule has 1 aliphatic rings. The van der Waals surface area contributed by atoms with Gasteiger partial charge in [-0.15, -0.1) is 0 Å². The van der Waals surface area contributed by atoms with Crippen molar-refractivity contribution in [1.82, 2.24) is 24.5 Å². The lowest BCUT2D eigenvalue weighted by atomic mass is 10.3. The average molecular weight is 446 g/mol. The summed E-state index contributed by atoms with van der Waals surface area (Å²) in [6.07, 6.45) is 3.20. The molecular formula is C19H23N7O4S. The minimum absolute atomic E-state index is 0.115. The third kappa shape index (κ3) is 4.81. The molecule has 0 aliphatic carbocycles. The number of anilines is 2. The number of aromatic nitrogens is 4. The molecule has 0 spiro atoms. The van der Waals surface area contributed by atoms with E-state index in [0.29, 0.717) is 31.1 Å². The number of sulfonamides is 1. The number of carbonyl (C=O) groups is 1. The first-order valence-electron chi connectivity index (χ1n) is 9.80. The van der Waals surface area contributed by atoms with E-state index in [1.165, 1.54) is 25.4 Å². The van der Waals surface area contributed by atoms with Crippen molar-refractivity contribution in [1.29, 1.82) is 0 Å². The molecule has 3 aromatic rings. The van der Waals surface area contributed by atoms with Crippen LogP contribution in [0.1, 0.15) is 6.92 Å². The lowest BCUT2D eigenvalue weighted by Crippen LogP contribution is -2.36. The van der Waals surface area contributed by atoms with E-state index in [-0.39, 0.29) is 17.3 Å². The molecule has 11 nitrogen and oxygen atoms in total. The third-order valence-corrected chi connectivity index (χ3v) is 6.30. The molecule has 1 fully saturated rings. The predicted octanol–water partition coefficient (Wildman–Crippen LogP) is 0.600. The SMILES string of the molecule is CC(=O)Nc1ccc(S(=O)(=O)NCCn2ncc3c(N4CCOCC4)ncnc32)cc1. The van der Waals surface area contributed by atoms with Gasteiger partial charge in [0, 0.05) is 32.2 Å². The van der Waals surface area contributed by atoms with Crippen LogP contribution in [0.25, 0.3) is 11.0 Å². The molecule has 12 heteroatoms. The number of ether oxygens (including phenoxy) is 1. The summed E-state index contributed by atoms with van der Waals surface area (Å²) in [5, 5.41) is 7.79. The summed E-state index contributed by atoms with van der Waals surface area (Å²) >= 11 is 0. The van der Waals surface area contributed by atoms with Crippen LogP contribution in [0, 0.1) is 0 Å². The van der Waals surface area contributed by atoms with Gasteiger partial charge >= 0.3 is 0 Å². The number of carbonyl (C=O) groups excluding carboxylic acids is 1. The van der Waals surface area contributed by atoms with Crippen LogP contribution in [-0.2, 0) is 26.1 Å². The van der Waals surface area contributed by atoms with Gasteiger partial charge in [0.15, 0.2) is 5.65 Å². The largest absolute Gasteiger partial charge is 0.378 e. The molecule has 2 aromatic heterocycles. The smallest absolute Gasteiger partial charge is 0.240 e. The number of nitrogens with one attached hydrogen (secondary N) is 2. The Kier molecular flexibility index (Phi) is 6.11. The van der Waals surface area contributed by atoms with Crippen LogP contribution in [-0.4, -0.2) is 66.9 Å². The molecular weight excluding hydrogens is 422 g/mol. The molecule has 0 radical (unpaired) electrons. The van der Waals surface area contributed by atoms with E-state index in [4.69, 9.17) is 4.74 Å². The summed E-state index contributed by atoms with van der Waals surface area (Å²) in [4.78, 5) is 22.1. The second-order valence-electron chi connectivity index (χ2n) is 7.01. The number of rotatable bonds is 7. The molecule has 1 saturated heterocycles. The number of fused-ring (bicyclic) bond motifs is 1. The maximum Gasteiger partial charge on any atom is 0.240 e. The minimum Gasteiger partial charge on any atom is -0.378 e. The summed E-state index contributed by atoms with van der Waals surface area (Å²) in [5.74, 6) is 0.583. The topological polar surface area (TPSA) is 131 Å². The number of benzene rings is 1. The predicted molar refractivity (Wildman–Crippen MR) is 114 cm³/mol. The van der Waals surface area contributed by atoms with Crippen LogP contribution in [0.3, 0.4) is 0 Å². The summed E-state index contributed by atoms with van der Waals surface area (Å²) in [6.45, 7) is 4.63. The Labute approximate surface area is 179 Å². The highest BCUT2D eigenvalue weighted by atomic mass is 32.2. The first-order valence-corrected chi connectivity index (χ1v) is 11.3. The van der Waals surface area contributed by atoms with E-state index < -0.39 is 10.0 Å². The van der Waals surface area contributed by atoms with Gasteiger partial charge in [0.2, 0.25) is 15.9 Å². The van der Waals surface area contributed by atoms with E-state index in [1.54, 1.807) is 23.0 Å². The van der Waals surface area contributed by atoms with Gasteiger partial charge in [0.05, 0.1) is 36.2 Å². The molecule has 1 amide bonds. The number of amides is 1. The highest BCUT2D eigenvalue weighted by Gasteiger charge is 2.18. The van der Waals surface area contributed by atoms with E-state index in [1.807, 2.05) is 0 Å². The zero-order valence-corrected chi connectivity index (χ0v) is 17.8. The normalized spacial score (nSPS) is 14.7. The van der Waals surface area contributed by atoms with Gasteiger partial charge in [0.25, 0.3) is 0 Å². The van der Waals surface area contributed by atoms with Crippen LogP contribution >= 0.6 is 0 Å². The van der Waals surface area contributed by atoms with Gasteiger partial charge in [-0.25, -0.2) is 27.8 Å². The first-order chi connectivity index (χ1) is 14.9. The van der Waals surface area contributed by atoms with Gasteiger partial charge in [-0.05, 0) is 24.3 Å². The molecule has 3 heterocycles. The fraction of sp³-hybridized carbons (Fsp3) is 0.368. The van der Waals surface area contributed by atoms with E-state index in [0.717, 1.165) is 24.3 Å². The molecule has 0 atom stereocenters. The summed E-state index contributed by atoms with van der Waals surface area (Å²) in [5.41, 5.74) is 1.18. The van der Waals surface area contributed by atoms with Crippen LogP contribution in [0.15, 0.2) is 41.7 Å². The number of hydrogen-bond acceptors (Lipinski definition) is 8. The van der Waals surface area contributed by atoms with Crippen LogP contribution < -0.4 is 14.9 Å². The molecule has 4 rings (SSSR count). The lowest BCUT2D eigenvalue weighted by Gasteiger charge is -2.27. The maximum absolute atomic E-state index is 12.5. The first kappa shape index (κ1) is 21.2. The molecule has 31 heavy (non-hydrogen) atoms. The number of morpholine rings is 1. The highest BCUT2D eigenvalue weighted by Crippen LogP contribution is 2.23. The second kappa shape index (κ2) is 8.96. The van der Waals surface area contributed by atoms with Gasteiger partial charge in [-0.2, -0.15) is 5.10 Å². The minimum atomic E-state index is -3.70. The molecule has 2 N–H and O–H groups in total. The molecule has 1 aliphatic heterocycles. The van der Waals surface area contributed by atoms with Gasteiger partial charge < -0.3 is 15.0 Å². The maximum atomic E-state index is 12.5. The second-order valence-corrected chi connectivity index (χ2v) is 8.77. The zero-order chi connectivity index (χ0) is 21.8. The third-order valence-electron chi connectivity index (χ3n) is 4.82. The van der Waals surface area contributed by atoms with Crippen molar-refractivity contribution in [3.63, 3.8) is 0 Å². The Hall–Kier alpha value is -3.09. The molecule has 0 saturated carbocycles. The summed E-state index contributed by atoms with van der Waals surface area (Å²) in [7, 11) is -3.70. The molecule has 0 bridgehead atoms. The van der Waals surface area contributed by atoms with Crippen molar-refractivity contribution in [2.24, 2.45) is 0 Å². The van der Waals surface area contributed by atoms with Gasteiger partial charge in [0.1, 0.15) is 12.1 Å². The summed E-state index contributed by atoms with van der Waals surface area (Å²) in [6, 6.07) is 5.97. The Morgan fingerprint density at radius 1 is 1.16 bits per heavy atom.